The molecular weight excluding hydrogens is 249 g/mol. The molecule has 0 radical (unpaired) electrons. The Morgan fingerprint density at radius 1 is 1.11 bits per heavy atom. The third-order valence-electron chi connectivity index (χ3n) is 2.98. The molecule has 0 saturated heterocycles. The lowest BCUT2D eigenvalue weighted by atomic mass is 10.1. The van der Waals surface area contributed by atoms with Crippen LogP contribution >= 0.6 is 11.6 Å². The first kappa shape index (κ1) is 12.9. The van der Waals surface area contributed by atoms with Crippen molar-refractivity contribution in [3.8, 4) is 0 Å². The zero-order valence-corrected chi connectivity index (χ0v) is 11.2. The van der Waals surface area contributed by atoms with Crippen LogP contribution in [0.2, 0.25) is 5.02 Å². The van der Waals surface area contributed by atoms with Gasteiger partial charge >= 0.3 is 0 Å². The molecule has 0 spiro atoms. The van der Waals surface area contributed by atoms with E-state index in [1.165, 1.54) is 6.07 Å². The summed E-state index contributed by atoms with van der Waals surface area (Å²) in [6.45, 7) is 4.47. The van der Waals surface area contributed by atoms with E-state index in [1.807, 2.05) is 38.1 Å². The SMILES string of the molecule is Cc1cc(Cl)ccc1CNc1c(C)cccc1F. The van der Waals surface area contributed by atoms with Crippen LogP contribution in [0.4, 0.5) is 10.1 Å². The minimum atomic E-state index is -0.221. The van der Waals surface area contributed by atoms with Gasteiger partial charge in [-0.3, -0.25) is 0 Å². The van der Waals surface area contributed by atoms with Gasteiger partial charge in [0.05, 0.1) is 5.69 Å². The smallest absolute Gasteiger partial charge is 0.146 e. The molecule has 18 heavy (non-hydrogen) atoms. The van der Waals surface area contributed by atoms with Crippen LogP contribution in [0.15, 0.2) is 36.4 Å². The molecule has 0 saturated carbocycles. The summed E-state index contributed by atoms with van der Waals surface area (Å²) < 4.78 is 13.6. The van der Waals surface area contributed by atoms with E-state index < -0.39 is 0 Å². The molecule has 0 atom stereocenters. The predicted molar refractivity (Wildman–Crippen MR) is 74.7 cm³/mol. The Labute approximate surface area is 112 Å². The maximum Gasteiger partial charge on any atom is 0.146 e. The third-order valence-corrected chi connectivity index (χ3v) is 3.22. The van der Waals surface area contributed by atoms with Gasteiger partial charge in [-0.2, -0.15) is 0 Å². The first-order valence-corrected chi connectivity index (χ1v) is 6.20. The van der Waals surface area contributed by atoms with E-state index >= 15 is 0 Å². The molecule has 0 aliphatic heterocycles. The summed E-state index contributed by atoms with van der Waals surface area (Å²) in [4.78, 5) is 0. The molecule has 0 aliphatic carbocycles. The second-order valence-electron chi connectivity index (χ2n) is 4.36. The summed E-state index contributed by atoms with van der Waals surface area (Å²) in [7, 11) is 0. The van der Waals surface area contributed by atoms with E-state index in [1.54, 1.807) is 6.07 Å². The molecular formula is C15H15ClFN. The average Bonchev–Trinajstić information content (AvgIpc) is 2.31. The number of nitrogens with one attached hydrogen (secondary N) is 1. The van der Waals surface area contributed by atoms with Crippen LogP contribution in [0.1, 0.15) is 16.7 Å². The summed E-state index contributed by atoms with van der Waals surface area (Å²) >= 11 is 5.90. The quantitative estimate of drug-likeness (QED) is 0.846. The van der Waals surface area contributed by atoms with Crippen molar-refractivity contribution >= 4 is 17.3 Å². The molecule has 0 amide bonds. The molecule has 3 heteroatoms. The van der Waals surface area contributed by atoms with Gasteiger partial charge in [-0.25, -0.2) is 4.39 Å². The minimum Gasteiger partial charge on any atom is -0.378 e. The Bertz CT molecular complexity index is 546. The Morgan fingerprint density at radius 2 is 1.89 bits per heavy atom. The van der Waals surface area contributed by atoms with Crippen molar-refractivity contribution in [2.75, 3.05) is 5.32 Å². The molecule has 0 bridgehead atoms. The Morgan fingerprint density at radius 3 is 2.56 bits per heavy atom. The predicted octanol–water partition coefficient (Wildman–Crippen LogP) is 4.71. The maximum atomic E-state index is 13.6. The largest absolute Gasteiger partial charge is 0.378 e. The van der Waals surface area contributed by atoms with Gasteiger partial charge in [0.15, 0.2) is 0 Å². The summed E-state index contributed by atoms with van der Waals surface area (Å²) in [6.07, 6.45) is 0. The lowest BCUT2D eigenvalue weighted by Gasteiger charge is -2.12. The van der Waals surface area contributed by atoms with Crippen molar-refractivity contribution in [1.82, 2.24) is 0 Å². The average molecular weight is 264 g/mol. The van der Waals surface area contributed by atoms with Crippen LogP contribution in [0.25, 0.3) is 0 Å². The molecule has 1 nitrogen and oxygen atoms in total. The third kappa shape index (κ3) is 2.82. The summed E-state index contributed by atoms with van der Waals surface area (Å²) in [6, 6.07) is 10.8. The molecule has 2 aromatic carbocycles. The maximum absolute atomic E-state index is 13.6. The first-order chi connectivity index (χ1) is 8.58. The zero-order chi connectivity index (χ0) is 13.1. The molecule has 0 fully saturated rings. The van der Waals surface area contributed by atoms with Crippen molar-refractivity contribution in [3.63, 3.8) is 0 Å². The van der Waals surface area contributed by atoms with Crippen LogP contribution in [0, 0.1) is 19.7 Å². The van der Waals surface area contributed by atoms with Crippen molar-refractivity contribution in [2.45, 2.75) is 20.4 Å². The van der Waals surface area contributed by atoms with E-state index in [-0.39, 0.29) is 5.82 Å². The van der Waals surface area contributed by atoms with Crippen molar-refractivity contribution in [1.29, 1.82) is 0 Å². The molecule has 94 valence electrons. The van der Waals surface area contributed by atoms with Gasteiger partial charge in [0, 0.05) is 11.6 Å². The fraction of sp³-hybridized carbons (Fsp3) is 0.200. The molecule has 0 heterocycles. The molecule has 1 N–H and O–H groups in total. The number of benzene rings is 2. The highest BCUT2D eigenvalue weighted by Gasteiger charge is 2.05. The van der Waals surface area contributed by atoms with Gasteiger partial charge in [-0.05, 0) is 48.7 Å². The van der Waals surface area contributed by atoms with Crippen LogP contribution in [-0.2, 0) is 6.54 Å². The number of anilines is 1. The van der Waals surface area contributed by atoms with E-state index in [4.69, 9.17) is 11.6 Å². The first-order valence-electron chi connectivity index (χ1n) is 5.82. The van der Waals surface area contributed by atoms with E-state index in [0.29, 0.717) is 12.2 Å². The normalized spacial score (nSPS) is 10.4. The molecule has 2 rings (SSSR count). The van der Waals surface area contributed by atoms with Gasteiger partial charge < -0.3 is 5.32 Å². The lowest BCUT2D eigenvalue weighted by molar-refractivity contribution is 0.629. The fourth-order valence-electron chi connectivity index (χ4n) is 1.90. The summed E-state index contributed by atoms with van der Waals surface area (Å²) in [5, 5.41) is 3.86. The highest BCUT2D eigenvalue weighted by atomic mass is 35.5. The van der Waals surface area contributed by atoms with Gasteiger partial charge in [-0.15, -0.1) is 0 Å². The minimum absolute atomic E-state index is 0.221. The number of halogens is 2. The molecule has 0 unspecified atom stereocenters. The van der Waals surface area contributed by atoms with Crippen LogP contribution < -0.4 is 5.32 Å². The van der Waals surface area contributed by atoms with Crippen LogP contribution in [0.3, 0.4) is 0 Å². The highest BCUT2D eigenvalue weighted by molar-refractivity contribution is 6.30. The van der Waals surface area contributed by atoms with E-state index in [9.17, 15) is 4.39 Å². The molecule has 0 aliphatic rings. The van der Waals surface area contributed by atoms with Gasteiger partial charge in [0.1, 0.15) is 5.82 Å². The van der Waals surface area contributed by atoms with Gasteiger partial charge in [0.2, 0.25) is 0 Å². The number of hydrogen-bond donors (Lipinski definition) is 1. The van der Waals surface area contributed by atoms with E-state index in [2.05, 4.69) is 5.32 Å². The number of rotatable bonds is 3. The van der Waals surface area contributed by atoms with Crippen LogP contribution in [-0.4, -0.2) is 0 Å². The lowest BCUT2D eigenvalue weighted by Crippen LogP contribution is -2.04. The Balaban J connectivity index is 2.16. The zero-order valence-electron chi connectivity index (χ0n) is 10.4. The monoisotopic (exact) mass is 263 g/mol. The fourth-order valence-corrected chi connectivity index (χ4v) is 2.12. The highest BCUT2D eigenvalue weighted by Crippen LogP contribution is 2.21. The summed E-state index contributed by atoms with van der Waals surface area (Å²) in [5.41, 5.74) is 3.68. The Kier molecular flexibility index (Phi) is 3.87. The topological polar surface area (TPSA) is 12.0 Å². The molecule has 0 aromatic heterocycles. The summed E-state index contributed by atoms with van der Waals surface area (Å²) in [5.74, 6) is -0.221. The standard InChI is InChI=1S/C15H15ClFN/c1-10-4-3-5-14(17)15(10)18-9-12-6-7-13(16)8-11(12)2/h3-8,18H,9H2,1-2H3. The van der Waals surface area contributed by atoms with Gasteiger partial charge in [-0.1, -0.05) is 29.8 Å². The number of para-hydroxylation sites is 1. The Hall–Kier alpha value is -1.54. The van der Waals surface area contributed by atoms with Crippen molar-refractivity contribution in [2.24, 2.45) is 0 Å². The van der Waals surface area contributed by atoms with Crippen LogP contribution in [0.5, 0.6) is 0 Å². The van der Waals surface area contributed by atoms with E-state index in [0.717, 1.165) is 21.7 Å². The van der Waals surface area contributed by atoms with Gasteiger partial charge in [0.25, 0.3) is 0 Å². The molecule has 2 aromatic rings. The number of aryl methyl sites for hydroxylation is 2. The van der Waals surface area contributed by atoms with Crippen molar-refractivity contribution in [3.05, 3.63) is 63.9 Å². The number of hydrogen-bond acceptors (Lipinski definition) is 1. The van der Waals surface area contributed by atoms with Crippen molar-refractivity contribution < 1.29 is 4.39 Å². The second kappa shape index (κ2) is 5.40. The second-order valence-corrected chi connectivity index (χ2v) is 4.79.